The van der Waals surface area contributed by atoms with Crippen molar-refractivity contribution in [1.29, 1.82) is 0 Å². The minimum absolute atomic E-state index is 0.201. The fourth-order valence-corrected chi connectivity index (χ4v) is 2.51. The SMILES string of the molecule is CN(c1ccnc(Cl)c1)C1CCCCC1O. The van der Waals surface area contributed by atoms with Gasteiger partial charge in [0.25, 0.3) is 0 Å². The lowest BCUT2D eigenvalue weighted by Crippen LogP contribution is -2.43. The van der Waals surface area contributed by atoms with Gasteiger partial charge in [0.05, 0.1) is 12.1 Å². The summed E-state index contributed by atoms with van der Waals surface area (Å²) in [4.78, 5) is 6.07. The molecule has 0 aromatic carbocycles. The van der Waals surface area contributed by atoms with Crippen LogP contribution in [0.5, 0.6) is 0 Å². The van der Waals surface area contributed by atoms with Crippen molar-refractivity contribution in [1.82, 2.24) is 4.98 Å². The Morgan fingerprint density at radius 3 is 2.88 bits per heavy atom. The number of aliphatic hydroxyl groups is 1. The number of nitrogens with zero attached hydrogens (tertiary/aromatic N) is 2. The summed E-state index contributed by atoms with van der Waals surface area (Å²) in [7, 11) is 2.00. The lowest BCUT2D eigenvalue weighted by molar-refractivity contribution is 0.106. The predicted molar refractivity (Wildman–Crippen MR) is 65.9 cm³/mol. The van der Waals surface area contributed by atoms with Crippen LogP contribution in [0.3, 0.4) is 0 Å². The molecule has 0 bridgehead atoms. The molecule has 1 aliphatic rings. The summed E-state index contributed by atoms with van der Waals surface area (Å²) in [5.41, 5.74) is 1.02. The van der Waals surface area contributed by atoms with E-state index in [9.17, 15) is 5.11 Å². The van der Waals surface area contributed by atoms with E-state index < -0.39 is 0 Å². The van der Waals surface area contributed by atoms with Crippen LogP contribution in [0.25, 0.3) is 0 Å². The molecule has 1 aliphatic carbocycles. The Labute approximate surface area is 101 Å². The summed E-state index contributed by atoms with van der Waals surface area (Å²) in [5, 5.41) is 10.5. The summed E-state index contributed by atoms with van der Waals surface area (Å²) >= 11 is 5.86. The second kappa shape index (κ2) is 5.02. The van der Waals surface area contributed by atoms with Crippen LogP contribution >= 0.6 is 11.6 Å². The van der Waals surface area contributed by atoms with Gasteiger partial charge in [-0.3, -0.25) is 0 Å². The first kappa shape index (κ1) is 11.7. The third-order valence-electron chi connectivity index (χ3n) is 3.31. The minimum Gasteiger partial charge on any atom is -0.391 e. The fourth-order valence-electron chi connectivity index (χ4n) is 2.35. The van der Waals surface area contributed by atoms with Crippen LogP contribution in [0, 0.1) is 0 Å². The number of likely N-dealkylation sites (N-methyl/N-ethyl adjacent to an activating group) is 1. The average Bonchev–Trinajstić information content (AvgIpc) is 2.29. The minimum atomic E-state index is -0.231. The molecular weight excluding hydrogens is 224 g/mol. The van der Waals surface area contributed by atoms with Gasteiger partial charge in [-0.2, -0.15) is 0 Å². The Morgan fingerprint density at radius 2 is 2.19 bits per heavy atom. The van der Waals surface area contributed by atoms with E-state index in [-0.39, 0.29) is 12.1 Å². The van der Waals surface area contributed by atoms with E-state index in [0.29, 0.717) is 5.15 Å². The fraction of sp³-hybridized carbons (Fsp3) is 0.583. The van der Waals surface area contributed by atoms with Crippen molar-refractivity contribution in [2.75, 3.05) is 11.9 Å². The molecule has 88 valence electrons. The van der Waals surface area contributed by atoms with Gasteiger partial charge in [0.1, 0.15) is 5.15 Å². The molecule has 1 fully saturated rings. The third kappa shape index (κ3) is 2.47. The number of rotatable bonds is 2. The molecule has 0 aliphatic heterocycles. The first-order valence-electron chi connectivity index (χ1n) is 5.71. The van der Waals surface area contributed by atoms with E-state index in [0.717, 1.165) is 24.9 Å². The lowest BCUT2D eigenvalue weighted by atomic mass is 9.91. The average molecular weight is 241 g/mol. The number of anilines is 1. The number of halogens is 1. The molecule has 3 nitrogen and oxygen atoms in total. The molecule has 0 amide bonds. The summed E-state index contributed by atoms with van der Waals surface area (Å²) in [6.07, 6.45) is 5.72. The molecule has 0 spiro atoms. The highest BCUT2D eigenvalue weighted by atomic mass is 35.5. The molecule has 4 heteroatoms. The molecule has 2 rings (SSSR count). The smallest absolute Gasteiger partial charge is 0.131 e. The zero-order chi connectivity index (χ0) is 11.5. The van der Waals surface area contributed by atoms with E-state index in [1.165, 1.54) is 6.42 Å². The van der Waals surface area contributed by atoms with Crippen LogP contribution in [-0.4, -0.2) is 29.3 Å². The van der Waals surface area contributed by atoms with Gasteiger partial charge in [-0.05, 0) is 25.0 Å². The second-order valence-electron chi connectivity index (χ2n) is 4.37. The lowest BCUT2D eigenvalue weighted by Gasteiger charge is -2.36. The second-order valence-corrected chi connectivity index (χ2v) is 4.75. The van der Waals surface area contributed by atoms with Gasteiger partial charge in [-0.15, -0.1) is 0 Å². The van der Waals surface area contributed by atoms with Crippen molar-refractivity contribution < 1.29 is 5.11 Å². The zero-order valence-electron chi connectivity index (χ0n) is 9.43. The summed E-state index contributed by atoms with van der Waals surface area (Å²) in [6, 6.07) is 3.96. The largest absolute Gasteiger partial charge is 0.391 e. The molecule has 1 saturated carbocycles. The maximum absolute atomic E-state index is 9.98. The highest BCUT2D eigenvalue weighted by Gasteiger charge is 2.26. The van der Waals surface area contributed by atoms with Crippen LogP contribution < -0.4 is 4.90 Å². The molecule has 1 N–H and O–H groups in total. The van der Waals surface area contributed by atoms with Crippen molar-refractivity contribution in [3.8, 4) is 0 Å². The standard InChI is InChI=1S/C12H17ClN2O/c1-15(9-6-7-14-12(13)8-9)10-4-2-3-5-11(10)16/h6-8,10-11,16H,2-5H2,1H3. The Kier molecular flexibility index (Phi) is 3.66. The first-order valence-corrected chi connectivity index (χ1v) is 6.09. The molecule has 1 aromatic rings. The normalized spacial score (nSPS) is 25.4. The van der Waals surface area contributed by atoms with Crippen LogP contribution in [0.15, 0.2) is 18.3 Å². The van der Waals surface area contributed by atoms with Gasteiger partial charge in [-0.25, -0.2) is 4.98 Å². The van der Waals surface area contributed by atoms with Gasteiger partial charge in [0, 0.05) is 18.9 Å². The van der Waals surface area contributed by atoms with Crippen LogP contribution in [0.2, 0.25) is 5.15 Å². The summed E-state index contributed by atoms with van der Waals surface area (Å²) in [5.74, 6) is 0. The van der Waals surface area contributed by atoms with E-state index >= 15 is 0 Å². The maximum Gasteiger partial charge on any atom is 0.131 e. The van der Waals surface area contributed by atoms with E-state index in [1.54, 1.807) is 6.20 Å². The van der Waals surface area contributed by atoms with Gasteiger partial charge >= 0.3 is 0 Å². The predicted octanol–water partition coefficient (Wildman–Crippen LogP) is 2.47. The van der Waals surface area contributed by atoms with E-state index in [1.807, 2.05) is 19.2 Å². The highest BCUT2D eigenvalue weighted by molar-refractivity contribution is 6.29. The van der Waals surface area contributed by atoms with Crippen LogP contribution in [0.1, 0.15) is 25.7 Å². The molecular formula is C12H17ClN2O. The van der Waals surface area contributed by atoms with Crippen LogP contribution in [-0.2, 0) is 0 Å². The molecule has 0 radical (unpaired) electrons. The number of aliphatic hydroxyl groups excluding tert-OH is 1. The summed E-state index contributed by atoms with van der Waals surface area (Å²) in [6.45, 7) is 0. The number of pyridine rings is 1. The van der Waals surface area contributed by atoms with E-state index in [4.69, 9.17) is 11.6 Å². The van der Waals surface area contributed by atoms with Crippen molar-refractivity contribution in [2.45, 2.75) is 37.8 Å². The molecule has 1 heterocycles. The van der Waals surface area contributed by atoms with Gasteiger partial charge < -0.3 is 10.0 Å². The van der Waals surface area contributed by atoms with Crippen molar-refractivity contribution >= 4 is 17.3 Å². The van der Waals surface area contributed by atoms with Crippen LogP contribution in [0.4, 0.5) is 5.69 Å². The van der Waals surface area contributed by atoms with Gasteiger partial charge in [0.15, 0.2) is 0 Å². The monoisotopic (exact) mass is 240 g/mol. The van der Waals surface area contributed by atoms with Gasteiger partial charge in [-0.1, -0.05) is 24.4 Å². The Morgan fingerprint density at radius 1 is 1.44 bits per heavy atom. The van der Waals surface area contributed by atoms with Crippen molar-refractivity contribution in [3.63, 3.8) is 0 Å². The zero-order valence-corrected chi connectivity index (χ0v) is 10.2. The number of hydrogen-bond acceptors (Lipinski definition) is 3. The third-order valence-corrected chi connectivity index (χ3v) is 3.52. The highest BCUT2D eigenvalue weighted by Crippen LogP contribution is 2.27. The quantitative estimate of drug-likeness (QED) is 0.807. The first-order chi connectivity index (χ1) is 7.68. The maximum atomic E-state index is 9.98. The Bertz CT molecular complexity index is 359. The molecule has 2 atom stereocenters. The number of aromatic nitrogens is 1. The molecule has 16 heavy (non-hydrogen) atoms. The summed E-state index contributed by atoms with van der Waals surface area (Å²) < 4.78 is 0. The number of hydrogen-bond donors (Lipinski definition) is 1. The van der Waals surface area contributed by atoms with Crippen molar-refractivity contribution in [2.24, 2.45) is 0 Å². The topological polar surface area (TPSA) is 36.4 Å². The van der Waals surface area contributed by atoms with Gasteiger partial charge in [0.2, 0.25) is 0 Å². The van der Waals surface area contributed by atoms with E-state index in [2.05, 4.69) is 9.88 Å². The van der Waals surface area contributed by atoms with Crippen molar-refractivity contribution in [3.05, 3.63) is 23.5 Å². The Balaban J connectivity index is 2.14. The molecule has 1 aromatic heterocycles. The molecule has 2 unspecified atom stereocenters. The molecule has 0 saturated heterocycles. The Hall–Kier alpha value is -0.800.